The molecule has 0 aliphatic carbocycles. The van der Waals surface area contributed by atoms with Crippen molar-refractivity contribution in [1.82, 2.24) is 5.16 Å². The number of benzene rings is 1. The molecule has 2 rings (SSSR count). The second-order valence-corrected chi connectivity index (χ2v) is 4.19. The number of para-hydroxylation sites is 1. The molecule has 1 heterocycles. The molecule has 0 radical (unpaired) electrons. The van der Waals surface area contributed by atoms with Gasteiger partial charge in [0.1, 0.15) is 12.4 Å². The van der Waals surface area contributed by atoms with Crippen LogP contribution in [0.1, 0.15) is 36.5 Å². The second kappa shape index (κ2) is 5.69. The molecular weight excluding hydrogens is 230 g/mol. The Balaban J connectivity index is 2.09. The number of aliphatic hydroxyl groups is 1. The molecule has 0 fully saturated rings. The van der Waals surface area contributed by atoms with E-state index in [1.54, 1.807) is 0 Å². The van der Waals surface area contributed by atoms with Crippen LogP contribution < -0.4 is 4.74 Å². The SMILES string of the molecule is CCC(O)c1ccccc1OCc1cc(C)no1. The van der Waals surface area contributed by atoms with Gasteiger partial charge in [0.05, 0.1) is 11.8 Å². The maximum absolute atomic E-state index is 9.90. The molecule has 2 aromatic rings. The summed E-state index contributed by atoms with van der Waals surface area (Å²) >= 11 is 0. The first-order valence-electron chi connectivity index (χ1n) is 6.02. The van der Waals surface area contributed by atoms with E-state index >= 15 is 0 Å². The number of rotatable bonds is 5. The van der Waals surface area contributed by atoms with E-state index in [1.165, 1.54) is 0 Å². The number of hydrogen-bond donors (Lipinski definition) is 1. The van der Waals surface area contributed by atoms with E-state index < -0.39 is 6.10 Å². The fraction of sp³-hybridized carbons (Fsp3) is 0.357. The number of ether oxygens (including phenoxy) is 1. The lowest BCUT2D eigenvalue weighted by atomic mass is 10.1. The molecule has 1 N–H and O–H groups in total. The largest absolute Gasteiger partial charge is 0.485 e. The molecule has 0 aliphatic heterocycles. The molecule has 0 amide bonds. The molecule has 0 spiro atoms. The summed E-state index contributed by atoms with van der Waals surface area (Å²) in [6, 6.07) is 9.32. The third-order valence-electron chi connectivity index (χ3n) is 2.71. The van der Waals surface area contributed by atoms with Crippen molar-refractivity contribution in [2.75, 3.05) is 0 Å². The van der Waals surface area contributed by atoms with E-state index in [0.29, 0.717) is 24.5 Å². The number of aliphatic hydroxyl groups excluding tert-OH is 1. The molecule has 1 atom stereocenters. The topological polar surface area (TPSA) is 55.5 Å². The third-order valence-corrected chi connectivity index (χ3v) is 2.71. The maximum Gasteiger partial charge on any atom is 0.174 e. The van der Waals surface area contributed by atoms with Crippen molar-refractivity contribution in [3.8, 4) is 5.75 Å². The summed E-state index contributed by atoms with van der Waals surface area (Å²) < 4.78 is 10.7. The smallest absolute Gasteiger partial charge is 0.174 e. The third kappa shape index (κ3) is 2.90. The van der Waals surface area contributed by atoms with Crippen molar-refractivity contribution in [1.29, 1.82) is 0 Å². The normalized spacial score (nSPS) is 12.4. The molecule has 0 saturated heterocycles. The van der Waals surface area contributed by atoms with Crippen molar-refractivity contribution < 1.29 is 14.4 Å². The standard InChI is InChI=1S/C14H17NO3/c1-3-13(16)12-6-4-5-7-14(12)17-9-11-8-10(2)15-18-11/h4-8,13,16H,3,9H2,1-2H3. The van der Waals surface area contributed by atoms with Crippen molar-refractivity contribution in [3.63, 3.8) is 0 Å². The fourth-order valence-corrected chi connectivity index (χ4v) is 1.74. The van der Waals surface area contributed by atoms with Gasteiger partial charge in [0.15, 0.2) is 5.76 Å². The summed E-state index contributed by atoms with van der Waals surface area (Å²) in [6.07, 6.45) is 0.152. The average molecular weight is 247 g/mol. The van der Waals surface area contributed by atoms with Gasteiger partial charge < -0.3 is 14.4 Å². The Morgan fingerprint density at radius 2 is 2.17 bits per heavy atom. The van der Waals surface area contributed by atoms with Crippen LogP contribution in [0, 0.1) is 6.92 Å². The maximum atomic E-state index is 9.90. The first-order chi connectivity index (χ1) is 8.70. The molecule has 4 nitrogen and oxygen atoms in total. The number of hydrogen-bond acceptors (Lipinski definition) is 4. The van der Waals surface area contributed by atoms with Crippen LogP contribution in [0.4, 0.5) is 0 Å². The van der Waals surface area contributed by atoms with Gasteiger partial charge in [-0.25, -0.2) is 0 Å². The Hall–Kier alpha value is -1.81. The van der Waals surface area contributed by atoms with Crippen LogP contribution in [0.5, 0.6) is 5.75 Å². The molecule has 0 aliphatic rings. The van der Waals surface area contributed by atoms with Gasteiger partial charge in [0.25, 0.3) is 0 Å². The first-order valence-corrected chi connectivity index (χ1v) is 6.02. The lowest BCUT2D eigenvalue weighted by Crippen LogP contribution is -2.01. The number of aryl methyl sites for hydroxylation is 1. The van der Waals surface area contributed by atoms with E-state index in [2.05, 4.69) is 5.16 Å². The highest BCUT2D eigenvalue weighted by atomic mass is 16.5. The molecule has 4 heteroatoms. The van der Waals surface area contributed by atoms with E-state index in [-0.39, 0.29) is 0 Å². The van der Waals surface area contributed by atoms with E-state index in [9.17, 15) is 5.11 Å². The Bertz CT molecular complexity index is 507. The van der Waals surface area contributed by atoms with Crippen molar-refractivity contribution in [2.45, 2.75) is 33.0 Å². The minimum Gasteiger partial charge on any atom is -0.485 e. The van der Waals surface area contributed by atoms with Crippen molar-refractivity contribution in [3.05, 3.63) is 47.3 Å². The lowest BCUT2D eigenvalue weighted by molar-refractivity contribution is 0.164. The summed E-state index contributed by atoms with van der Waals surface area (Å²) in [6.45, 7) is 4.11. The van der Waals surface area contributed by atoms with Gasteiger partial charge in [0.2, 0.25) is 0 Å². The Morgan fingerprint density at radius 1 is 1.39 bits per heavy atom. The predicted octanol–water partition coefficient (Wildman–Crippen LogP) is 3.01. The second-order valence-electron chi connectivity index (χ2n) is 4.19. The Kier molecular flexibility index (Phi) is 3.99. The first kappa shape index (κ1) is 12.6. The quantitative estimate of drug-likeness (QED) is 0.882. The van der Waals surface area contributed by atoms with Crippen LogP contribution >= 0.6 is 0 Å². The van der Waals surface area contributed by atoms with E-state index in [0.717, 1.165) is 11.3 Å². The van der Waals surface area contributed by atoms with Gasteiger partial charge in [-0.05, 0) is 19.4 Å². The van der Waals surface area contributed by atoms with Crippen LogP contribution in [-0.2, 0) is 6.61 Å². The average Bonchev–Trinajstić information content (AvgIpc) is 2.81. The highest BCUT2D eigenvalue weighted by Crippen LogP contribution is 2.27. The van der Waals surface area contributed by atoms with Gasteiger partial charge in [-0.1, -0.05) is 30.3 Å². The minimum atomic E-state index is -0.502. The molecule has 96 valence electrons. The van der Waals surface area contributed by atoms with E-state index in [4.69, 9.17) is 9.26 Å². The van der Waals surface area contributed by atoms with Crippen molar-refractivity contribution >= 4 is 0 Å². The Morgan fingerprint density at radius 3 is 2.83 bits per heavy atom. The fourth-order valence-electron chi connectivity index (χ4n) is 1.74. The van der Waals surface area contributed by atoms with Gasteiger partial charge in [0, 0.05) is 11.6 Å². The number of nitrogens with zero attached hydrogens (tertiary/aromatic N) is 1. The van der Waals surface area contributed by atoms with Gasteiger partial charge in [-0.2, -0.15) is 0 Å². The Labute approximate surface area is 106 Å². The van der Waals surface area contributed by atoms with Crippen LogP contribution in [0.2, 0.25) is 0 Å². The van der Waals surface area contributed by atoms with Crippen LogP contribution in [0.25, 0.3) is 0 Å². The number of aromatic nitrogens is 1. The monoisotopic (exact) mass is 247 g/mol. The highest BCUT2D eigenvalue weighted by molar-refractivity contribution is 5.35. The minimum absolute atomic E-state index is 0.314. The highest BCUT2D eigenvalue weighted by Gasteiger charge is 2.11. The summed E-state index contributed by atoms with van der Waals surface area (Å²) in [4.78, 5) is 0. The molecule has 1 aromatic heterocycles. The lowest BCUT2D eigenvalue weighted by Gasteiger charge is -2.13. The van der Waals surface area contributed by atoms with Crippen molar-refractivity contribution in [2.24, 2.45) is 0 Å². The molecule has 1 unspecified atom stereocenters. The molecular formula is C14H17NO3. The molecule has 0 bridgehead atoms. The van der Waals surface area contributed by atoms with E-state index in [1.807, 2.05) is 44.2 Å². The van der Waals surface area contributed by atoms with Crippen LogP contribution in [0.15, 0.2) is 34.9 Å². The summed E-state index contributed by atoms with van der Waals surface area (Å²) in [5, 5.41) is 13.7. The van der Waals surface area contributed by atoms with Gasteiger partial charge >= 0.3 is 0 Å². The summed E-state index contributed by atoms with van der Waals surface area (Å²) in [5.74, 6) is 1.36. The predicted molar refractivity (Wildman–Crippen MR) is 67.3 cm³/mol. The molecule has 18 heavy (non-hydrogen) atoms. The van der Waals surface area contributed by atoms with Crippen LogP contribution in [-0.4, -0.2) is 10.3 Å². The van der Waals surface area contributed by atoms with Crippen LogP contribution in [0.3, 0.4) is 0 Å². The zero-order valence-corrected chi connectivity index (χ0v) is 10.6. The van der Waals surface area contributed by atoms with Gasteiger partial charge in [-0.15, -0.1) is 0 Å². The van der Waals surface area contributed by atoms with Gasteiger partial charge in [-0.3, -0.25) is 0 Å². The zero-order chi connectivity index (χ0) is 13.0. The zero-order valence-electron chi connectivity index (χ0n) is 10.6. The summed E-state index contributed by atoms with van der Waals surface area (Å²) in [5.41, 5.74) is 1.63. The summed E-state index contributed by atoms with van der Waals surface area (Å²) in [7, 11) is 0. The molecule has 0 saturated carbocycles. The molecule has 1 aromatic carbocycles.